The summed E-state index contributed by atoms with van der Waals surface area (Å²) in [5, 5.41) is 18.9. The van der Waals surface area contributed by atoms with E-state index >= 15 is 0 Å². The van der Waals surface area contributed by atoms with Gasteiger partial charge in [-0.2, -0.15) is 10.5 Å². The van der Waals surface area contributed by atoms with Crippen LogP contribution >= 0.6 is 0 Å². The van der Waals surface area contributed by atoms with Crippen LogP contribution in [0.25, 0.3) is 0 Å². The van der Waals surface area contributed by atoms with Crippen LogP contribution in [0.4, 0.5) is 0 Å². The fourth-order valence-corrected chi connectivity index (χ4v) is 5.73. The Morgan fingerprint density at radius 1 is 1.04 bits per heavy atom. The van der Waals surface area contributed by atoms with E-state index in [1.54, 1.807) is 0 Å². The number of rotatable bonds is 1. The van der Waals surface area contributed by atoms with Crippen LogP contribution in [-0.2, 0) is 20.4 Å². The highest BCUT2D eigenvalue weighted by Crippen LogP contribution is 2.70. The van der Waals surface area contributed by atoms with Crippen molar-refractivity contribution in [1.29, 1.82) is 10.5 Å². The molecule has 7 nitrogen and oxygen atoms in total. The molecule has 7 heteroatoms. The summed E-state index contributed by atoms with van der Waals surface area (Å²) in [6.45, 7) is 11.4. The number of hydrogen-bond donors (Lipinski definition) is 0. The minimum Gasteiger partial charge on any atom is -0.372 e. The van der Waals surface area contributed by atoms with Gasteiger partial charge in [0.05, 0.1) is 29.0 Å². The lowest BCUT2D eigenvalue weighted by atomic mass is 9.63. The average molecular weight is 379 g/mol. The molecule has 28 heavy (non-hydrogen) atoms. The summed E-state index contributed by atoms with van der Waals surface area (Å²) < 4.78 is 5.81. The van der Waals surface area contributed by atoms with E-state index in [-0.39, 0.29) is 34.9 Å². The second-order valence-corrected chi connectivity index (χ2v) is 9.17. The van der Waals surface area contributed by atoms with E-state index in [0.717, 1.165) is 6.42 Å². The highest BCUT2D eigenvalue weighted by molar-refractivity contribution is 5.92. The van der Waals surface area contributed by atoms with Crippen molar-refractivity contribution in [2.24, 2.45) is 5.41 Å². The summed E-state index contributed by atoms with van der Waals surface area (Å²) in [4.78, 5) is 25.0. The Labute approximate surface area is 165 Å². The van der Waals surface area contributed by atoms with Crippen molar-refractivity contribution >= 4 is 5.91 Å². The lowest BCUT2D eigenvalue weighted by Gasteiger charge is -2.44. The normalized spacial score (nSPS) is 35.2. The predicted octanol–water partition coefficient (Wildman–Crippen LogP) is 2.18. The molecule has 0 spiro atoms. The second-order valence-electron chi connectivity index (χ2n) is 9.17. The smallest absolute Gasteiger partial charge is 0.235 e. The first-order chi connectivity index (χ1) is 13.1. The van der Waals surface area contributed by atoms with Gasteiger partial charge in [-0.15, -0.1) is 0 Å². The maximum absolute atomic E-state index is 14.0. The third kappa shape index (κ3) is 2.03. The van der Waals surface area contributed by atoms with Gasteiger partial charge in [0.2, 0.25) is 5.91 Å². The van der Waals surface area contributed by atoms with Crippen molar-refractivity contribution in [2.75, 3.05) is 13.1 Å². The van der Waals surface area contributed by atoms with Crippen LogP contribution in [0.1, 0.15) is 70.2 Å². The zero-order chi connectivity index (χ0) is 20.5. The van der Waals surface area contributed by atoms with Crippen LogP contribution < -0.4 is 0 Å². The molecule has 1 aromatic rings. The van der Waals surface area contributed by atoms with Gasteiger partial charge in [-0.25, -0.2) is 9.97 Å². The molecule has 2 bridgehead atoms. The lowest BCUT2D eigenvalue weighted by molar-refractivity contribution is -0.153. The molecule has 2 fully saturated rings. The van der Waals surface area contributed by atoms with Crippen molar-refractivity contribution in [3.63, 3.8) is 0 Å². The maximum Gasteiger partial charge on any atom is 0.235 e. The third-order valence-electron chi connectivity index (χ3n) is 7.55. The Morgan fingerprint density at radius 2 is 1.57 bits per heavy atom. The Bertz CT molecular complexity index is 949. The van der Waals surface area contributed by atoms with Crippen LogP contribution in [0.15, 0.2) is 0 Å². The van der Waals surface area contributed by atoms with Gasteiger partial charge in [0.25, 0.3) is 0 Å². The molecule has 0 radical (unpaired) electrons. The highest BCUT2D eigenvalue weighted by atomic mass is 16.5. The molecule has 146 valence electrons. The number of hydrogen-bond acceptors (Lipinski definition) is 6. The molecule has 4 rings (SSSR count). The van der Waals surface area contributed by atoms with E-state index in [0.29, 0.717) is 30.9 Å². The number of carbonyl (C=O) groups excluding carboxylic acids is 1. The molecular formula is C21H25N5O2. The predicted molar refractivity (Wildman–Crippen MR) is 100 cm³/mol. The molecule has 0 aromatic carbocycles. The number of ether oxygens (including phenoxy) is 1. The first kappa shape index (κ1) is 18.8. The summed E-state index contributed by atoms with van der Waals surface area (Å²) >= 11 is 0. The van der Waals surface area contributed by atoms with Crippen molar-refractivity contribution in [3.8, 4) is 12.1 Å². The molecule has 1 saturated heterocycles. The minimum absolute atomic E-state index is 0.00379. The second kappa shape index (κ2) is 5.75. The van der Waals surface area contributed by atoms with Gasteiger partial charge in [-0.05, 0) is 32.1 Å². The van der Waals surface area contributed by atoms with E-state index in [9.17, 15) is 15.3 Å². The van der Waals surface area contributed by atoms with E-state index < -0.39 is 10.8 Å². The number of nitriles is 2. The topological polar surface area (TPSA) is 103 Å². The van der Waals surface area contributed by atoms with Gasteiger partial charge in [0.1, 0.15) is 12.1 Å². The average Bonchev–Trinajstić information content (AvgIpc) is 2.94. The molecular weight excluding hydrogens is 354 g/mol. The van der Waals surface area contributed by atoms with E-state index in [1.165, 1.54) is 0 Å². The molecule has 1 amide bonds. The SMILES string of the molecule is CC1CN(C(=O)C23CCC(C)(c4nc(C#N)c(C#N)nc42)C3(C)C)CC(C)O1. The zero-order valence-electron chi connectivity index (χ0n) is 17.0. The fourth-order valence-electron chi connectivity index (χ4n) is 5.73. The zero-order valence-corrected chi connectivity index (χ0v) is 17.0. The Balaban J connectivity index is 1.91. The van der Waals surface area contributed by atoms with Crippen LogP contribution in [0.2, 0.25) is 0 Å². The fraction of sp³-hybridized carbons (Fsp3) is 0.667. The first-order valence-corrected chi connectivity index (χ1v) is 9.80. The van der Waals surface area contributed by atoms with Gasteiger partial charge in [-0.1, -0.05) is 20.8 Å². The number of nitrogens with zero attached hydrogens (tertiary/aromatic N) is 5. The molecule has 2 heterocycles. The van der Waals surface area contributed by atoms with Crippen LogP contribution in [0.3, 0.4) is 0 Å². The molecule has 2 aliphatic carbocycles. The van der Waals surface area contributed by atoms with Crippen molar-refractivity contribution in [1.82, 2.24) is 14.9 Å². The van der Waals surface area contributed by atoms with Crippen molar-refractivity contribution in [2.45, 2.75) is 70.5 Å². The summed E-state index contributed by atoms with van der Waals surface area (Å²) in [5.41, 5.74) is -0.272. The van der Waals surface area contributed by atoms with E-state index in [4.69, 9.17) is 4.74 Å². The van der Waals surface area contributed by atoms with Crippen molar-refractivity contribution < 1.29 is 9.53 Å². The largest absolute Gasteiger partial charge is 0.372 e. The molecule has 1 saturated carbocycles. The van der Waals surface area contributed by atoms with Gasteiger partial charge in [0, 0.05) is 18.5 Å². The Hall–Kier alpha value is -2.51. The molecule has 4 atom stereocenters. The summed E-state index contributed by atoms with van der Waals surface area (Å²) in [6, 6.07) is 3.97. The van der Waals surface area contributed by atoms with E-state index in [2.05, 4.69) is 30.7 Å². The van der Waals surface area contributed by atoms with Crippen LogP contribution in [0, 0.1) is 28.1 Å². The Kier molecular flexibility index (Phi) is 3.87. The number of aromatic nitrogens is 2. The quantitative estimate of drug-likeness (QED) is 0.741. The van der Waals surface area contributed by atoms with Gasteiger partial charge in [-0.3, -0.25) is 4.79 Å². The molecule has 0 N–H and O–H groups in total. The number of amides is 1. The summed E-state index contributed by atoms with van der Waals surface area (Å²) in [7, 11) is 0. The summed E-state index contributed by atoms with van der Waals surface area (Å²) in [6.07, 6.45) is 1.43. The van der Waals surface area contributed by atoms with Crippen LogP contribution in [0.5, 0.6) is 0 Å². The van der Waals surface area contributed by atoms with Gasteiger partial charge >= 0.3 is 0 Å². The molecule has 3 aliphatic rings. The molecule has 1 aromatic heterocycles. The highest BCUT2D eigenvalue weighted by Gasteiger charge is 2.74. The number of carbonyl (C=O) groups is 1. The Morgan fingerprint density at radius 3 is 2.11 bits per heavy atom. The first-order valence-electron chi connectivity index (χ1n) is 9.80. The maximum atomic E-state index is 14.0. The van der Waals surface area contributed by atoms with E-state index in [1.807, 2.05) is 30.9 Å². The van der Waals surface area contributed by atoms with Crippen molar-refractivity contribution in [3.05, 3.63) is 22.8 Å². The van der Waals surface area contributed by atoms with Crippen LogP contribution in [-0.4, -0.2) is 46.1 Å². The third-order valence-corrected chi connectivity index (χ3v) is 7.55. The monoisotopic (exact) mass is 379 g/mol. The molecule has 4 unspecified atom stereocenters. The van der Waals surface area contributed by atoms with Gasteiger partial charge in [0.15, 0.2) is 11.4 Å². The summed E-state index contributed by atoms with van der Waals surface area (Å²) in [5.74, 6) is 0.0462. The minimum atomic E-state index is -0.833. The molecule has 1 aliphatic heterocycles. The standard InChI is InChI=1S/C21H25N5O2/c1-12-10-26(11-13(2)28-12)18(27)21-7-6-20(5,19(21,3)4)16-17(21)25-15(9-23)14(8-22)24-16/h12-13H,6-7,10-11H2,1-5H3. The van der Waals surface area contributed by atoms with Gasteiger partial charge < -0.3 is 9.64 Å². The number of morpholine rings is 1. The lowest BCUT2D eigenvalue weighted by Crippen LogP contribution is -2.57. The number of fused-ring (bicyclic) bond motifs is 5.